The summed E-state index contributed by atoms with van der Waals surface area (Å²) in [6, 6.07) is 3.16. The molecule has 0 aliphatic heterocycles. The molecule has 4 nitrogen and oxygen atoms in total. The SMILES string of the molecule is CCCN(CC(F)(F)F)C(=O)c1ccc(O)c(O)c1. The number of hydrogen-bond donors (Lipinski definition) is 2. The van der Waals surface area contributed by atoms with Crippen LogP contribution >= 0.6 is 0 Å². The lowest BCUT2D eigenvalue weighted by atomic mass is 10.1. The Hall–Kier alpha value is -1.92. The summed E-state index contributed by atoms with van der Waals surface area (Å²) in [5, 5.41) is 18.3. The van der Waals surface area contributed by atoms with Crippen molar-refractivity contribution >= 4 is 5.91 Å². The van der Waals surface area contributed by atoms with Crippen LogP contribution in [0.15, 0.2) is 18.2 Å². The molecule has 1 amide bonds. The number of rotatable bonds is 4. The second-order valence-corrected chi connectivity index (χ2v) is 4.05. The van der Waals surface area contributed by atoms with Crippen molar-refractivity contribution in [3.63, 3.8) is 0 Å². The second-order valence-electron chi connectivity index (χ2n) is 4.05. The molecule has 0 saturated heterocycles. The van der Waals surface area contributed by atoms with Crippen molar-refractivity contribution in [1.82, 2.24) is 4.90 Å². The molecule has 0 atom stereocenters. The first-order valence-electron chi connectivity index (χ1n) is 5.62. The van der Waals surface area contributed by atoms with Gasteiger partial charge in [-0.3, -0.25) is 4.79 Å². The summed E-state index contributed by atoms with van der Waals surface area (Å²) in [4.78, 5) is 12.6. The maximum absolute atomic E-state index is 12.4. The van der Waals surface area contributed by atoms with Gasteiger partial charge in [0.15, 0.2) is 11.5 Å². The molecule has 1 aromatic rings. The molecule has 0 aromatic heterocycles. The predicted octanol–water partition coefficient (Wildman–Crippen LogP) is 2.51. The van der Waals surface area contributed by atoms with Gasteiger partial charge < -0.3 is 15.1 Å². The fraction of sp³-hybridized carbons (Fsp3) is 0.417. The minimum absolute atomic E-state index is 0.0417. The van der Waals surface area contributed by atoms with E-state index in [4.69, 9.17) is 5.11 Å². The van der Waals surface area contributed by atoms with Crippen LogP contribution in [-0.2, 0) is 0 Å². The molecule has 0 spiro atoms. The van der Waals surface area contributed by atoms with Gasteiger partial charge in [0.05, 0.1) is 0 Å². The molecule has 0 bridgehead atoms. The molecule has 0 aliphatic rings. The van der Waals surface area contributed by atoms with Gasteiger partial charge in [-0.15, -0.1) is 0 Å². The molecule has 0 heterocycles. The quantitative estimate of drug-likeness (QED) is 0.831. The van der Waals surface area contributed by atoms with E-state index in [1.165, 1.54) is 0 Å². The highest BCUT2D eigenvalue weighted by molar-refractivity contribution is 5.94. The largest absolute Gasteiger partial charge is 0.504 e. The monoisotopic (exact) mass is 277 g/mol. The van der Waals surface area contributed by atoms with Crippen LogP contribution in [0.4, 0.5) is 13.2 Å². The van der Waals surface area contributed by atoms with E-state index < -0.39 is 30.1 Å². The van der Waals surface area contributed by atoms with Crippen molar-refractivity contribution in [2.75, 3.05) is 13.1 Å². The van der Waals surface area contributed by atoms with Gasteiger partial charge in [-0.1, -0.05) is 6.92 Å². The average molecular weight is 277 g/mol. The van der Waals surface area contributed by atoms with E-state index in [9.17, 15) is 23.1 Å². The molecule has 0 unspecified atom stereocenters. The van der Waals surface area contributed by atoms with Gasteiger partial charge in [-0.05, 0) is 24.6 Å². The standard InChI is InChI=1S/C12H14F3NO3/c1-2-5-16(7-12(13,14)15)11(19)8-3-4-9(17)10(18)6-8/h3-4,6,17-18H,2,5,7H2,1H3. The number of phenolic OH excluding ortho intramolecular Hbond substituents is 2. The Morgan fingerprint density at radius 2 is 1.89 bits per heavy atom. The second kappa shape index (κ2) is 5.81. The first-order chi connectivity index (χ1) is 8.74. The highest BCUT2D eigenvalue weighted by Crippen LogP contribution is 2.26. The van der Waals surface area contributed by atoms with E-state index in [1.807, 2.05) is 0 Å². The third-order valence-corrected chi connectivity index (χ3v) is 2.37. The van der Waals surface area contributed by atoms with Crippen molar-refractivity contribution in [2.24, 2.45) is 0 Å². The smallest absolute Gasteiger partial charge is 0.406 e. The topological polar surface area (TPSA) is 60.8 Å². The maximum atomic E-state index is 12.4. The van der Waals surface area contributed by atoms with Gasteiger partial charge in [0, 0.05) is 12.1 Å². The predicted molar refractivity (Wildman–Crippen MR) is 62.0 cm³/mol. The number of alkyl halides is 3. The van der Waals surface area contributed by atoms with E-state index in [-0.39, 0.29) is 12.1 Å². The third kappa shape index (κ3) is 4.35. The fourth-order valence-corrected chi connectivity index (χ4v) is 1.58. The van der Waals surface area contributed by atoms with Crippen LogP contribution in [0.1, 0.15) is 23.7 Å². The Morgan fingerprint density at radius 1 is 1.26 bits per heavy atom. The number of aromatic hydroxyl groups is 2. The molecular formula is C12H14F3NO3. The molecule has 1 rings (SSSR count). The number of phenols is 2. The van der Waals surface area contributed by atoms with Crippen molar-refractivity contribution in [1.29, 1.82) is 0 Å². The minimum Gasteiger partial charge on any atom is -0.504 e. The first-order valence-corrected chi connectivity index (χ1v) is 5.62. The van der Waals surface area contributed by atoms with Crippen molar-refractivity contribution < 1.29 is 28.2 Å². The first kappa shape index (κ1) is 15.1. The molecule has 2 N–H and O–H groups in total. The van der Waals surface area contributed by atoms with E-state index in [0.29, 0.717) is 11.3 Å². The Morgan fingerprint density at radius 3 is 2.37 bits per heavy atom. The van der Waals surface area contributed by atoms with E-state index in [2.05, 4.69) is 0 Å². The molecule has 106 valence electrons. The molecule has 19 heavy (non-hydrogen) atoms. The van der Waals surface area contributed by atoms with Crippen LogP contribution in [-0.4, -0.2) is 40.3 Å². The van der Waals surface area contributed by atoms with Crippen LogP contribution in [0.2, 0.25) is 0 Å². The Kier molecular flexibility index (Phi) is 4.63. The normalized spacial score (nSPS) is 11.4. The summed E-state index contributed by atoms with van der Waals surface area (Å²) in [6.45, 7) is 0.270. The molecular weight excluding hydrogens is 263 g/mol. The summed E-state index contributed by atoms with van der Waals surface area (Å²) in [7, 11) is 0. The third-order valence-electron chi connectivity index (χ3n) is 2.37. The van der Waals surface area contributed by atoms with Crippen molar-refractivity contribution in [3.05, 3.63) is 23.8 Å². The number of hydrogen-bond acceptors (Lipinski definition) is 3. The summed E-state index contributed by atoms with van der Waals surface area (Å²) < 4.78 is 37.1. The zero-order valence-corrected chi connectivity index (χ0v) is 10.2. The zero-order valence-electron chi connectivity index (χ0n) is 10.2. The molecule has 0 saturated carbocycles. The summed E-state index contributed by atoms with van der Waals surface area (Å²) in [5.41, 5.74) is -0.104. The Balaban J connectivity index is 2.95. The van der Waals surface area contributed by atoms with E-state index in [0.717, 1.165) is 18.2 Å². The van der Waals surface area contributed by atoms with Gasteiger partial charge in [0.25, 0.3) is 5.91 Å². The molecule has 0 radical (unpaired) electrons. The van der Waals surface area contributed by atoms with E-state index >= 15 is 0 Å². The van der Waals surface area contributed by atoms with Gasteiger partial charge in [0.2, 0.25) is 0 Å². The molecule has 1 aromatic carbocycles. The number of carbonyl (C=O) groups excluding carboxylic acids is 1. The zero-order chi connectivity index (χ0) is 14.6. The van der Waals surface area contributed by atoms with Crippen LogP contribution in [0.25, 0.3) is 0 Å². The number of halogens is 3. The number of nitrogens with zero attached hydrogens (tertiary/aromatic N) is 1. The fourth-order valence-electron chi connectivity index (χ4n) is 1.58. The van der Waals surface area contributed by atoms with Crippen LogP contribution < -0.4 is 0 Å². The van der Waals surface area contributed by atoms with Crippen LogP contribution in [0.3, 0.4) is 0 Å². The average Bonchev–Trinajstić information content (AvgIpc) is 2.29. The number of amides is 1. The lowest BCUT2D eigenvalue weighted by Crippen LogP contribution is -2.39. The van der Waals surface area contributed by atoms with Gasteiger partial charge >= 0.3 is 6.18 Å². The highest BCUT2D eigenvalue weighted by Gasteiger charge is 2.33. The minimum atomic E-state index is -4.48. The molecule has 7 heteroatoms. The van der Waals surface area contributed by atoms with Crippen molar-refractivity contribution in [3.8, 4) is 11.5 Å². The highest BCUT2D eigenvalue weighted by atomic mass is 19.4. The molecule has 0 fully saturated rings. The number of carbonyl (C=O) groups is 1. The molecule has 0 aliphatic carbocycles. The maximum Gasteiger partial charge on any atom is 0.406 e. The van der Waals surface area contributed by atoms with Gasteiger partial charge in [-0.25, -0.2) is 0 Å². The Bertz CT molecular complexity index is 460. The Labute approximate surface area is 108 Å². The van der Waals surface area contributed by atoms with Gasteiger partial charge in [0.1, 0.15) is 6.54 Å². The van der Waals surface area contributed by atoms with E-state index in [1.54, 1.807) is 6.92 Å². The lowest BCUT2D eigenvalue weighted by molar-refractivity contribution is -0.140. The summed E-state index contributed by atoms with van der Waals surface area (Å²) in [6.07, 6.45) is -4.10. The van der Waals surface area contributed by atoms with Crippen molar-refractivity contribution in [2.45, 2.75) is 19.5 Å². The van der Waals surface area contributed by atoms with Crippen LogP contribution in [0, 0.1) is 0 Å². The van der Waals surface area contributed by atoms with Gasteiger partial charge in [-0.2, -0.15) is 13.2 Å². The summed E-state index contributed by atoms with van der Waals surface area (Å²) >= 11 is 0. The lowest BCUT2D eigenvalue weighted by Gasteiger charge is -2.23. The van der Waals surface area contributed by atoms with Crippen LogP contribution in [0.5, 0.6) is 11.5 Å². The number of benzene rings is 1. The summed E-state index contributed by atoms with van der Waals surface area (Å²) in [5.74, 6) is -1.82.